The van der Waals surface area contributed by atoms with Crippen molar-refractivity contribution in [3.8, 4) is 0 Å². The molecule has 12 heteroatoms. The topological polar surface area (TPSA) is 134 Å². The summed E-state index contributed by atoms with van der Waals surface area (Å²) in [6.45, 7) is -0.0791. The molecule has 2 aliphatic rings. The van der Waals surface area contributed by atoms with E-state index in [1.165, 1.54) is 37.9 Å². The van der Waals surface area contributed by atoms with E-state index in [2.05, 4.69) is 0 Å². The molecule has 0 saturated carbocycles. The monoisotopic (exact) mass is 1000 g/mol. The number of ketones is 3. The van der Waals surface area contributed by atoms with E-state index in [4.69, 9.17) is 9.47 Å². The number of thiophene rings is 2. The van der Waals surface area contributed by atoms with Gasteiger partial charge in [0.2, 0.25) is 0 Å². The van der Waals surface area contributed by atoms with Gasteiger partial charge in [0.1, 0.15) is 19.3 Å². The molecule has 354 valence electrons. The van der Waals surface area contributed by atoms with Gasteiger partial charge in [0.05, 0.1) is 46.8 Å². The number of fused-ring (bicyclic) bond motifs is 11. The Morgan fingerprint density at radius 2 is 0.878 bits per heavy atom. The summed E-state index contributed by atoms with van der Waals surface area (Å²) in [5.74, 6) is -1.24. The maximum atomic E-state index is 14.6. The normalized spacial score (nSPS) is 15.0. The van der Waals surface area contributed by atoms with Gasteiger partial charge in [0.25, 0.3) is 0 Å². The van der Waals surface area contributed by atoms with E-state index >= 15 is 0 Å². The minimum Gasteiger partial charge on any atom is -0.444 e. The second kappa shape index (κ2) is 16.8. The van der Waals surface area contributed by atoms with Crippen molar-refractivity contribution in [3.05, 3.63) is 226 Å². The lowest BCUT2D eigenvalue weighted by atomic mass is 9.98. The van der Waals surface area contributed by atoms with Gasteiger partial charge < -0.3 is 14.6 Å². The van der Waals surface area contributed by atoms with Crippen LogP contribution >= 0.6 is 22.7 Å². The van der Waals surface area contributed by atoms with Crippen molar-refractivity contribution in [1.82, 2.24) is 9.13 Å². The van der Waals surface area contributed by atoms with Gasteiger partial charge in [-0.15, -0.1) is 22.7 Å². The fourth-order valence-corrected chi connectivity index (χ4v) is 13.3. The number of allylic oxidation sites excluding steroid dienone is 1. The molecule has 0 spiro atoms. The highest BCUT2D eigenvalue weighted by Crippen LogP contribution is 2.48. The maximum Gasteiger partial charge on any atom is 0.419 e. The molecule has 0 radical (unpaired) electrons. The molecular weight excluding hydrogens is 965 g/mol. The summed E-state index contributed by atoms with van der Waals surface area (Å²) in [6, 6.07) is 53.3. The van der Waals surface area contributed by atoms with Crippen molar-refractivity contribution < 1.29 is 38.6 Å². The van der Waals surface area contributed by atoms with E-state index in [1.54, 1.807) is 30.3 Å². The number of aromatic nitrogens is 2. The molecule has 1 N–H and O–H groups in total. The Hall–Kier alpha value is -9.07. The predicted octanol–water partition coefficient (Wildman–Crippen LogP) is 14.6. The molecule has 0 amide bonds. The highest BCUT2D eigenvalue weighted by Gasteiger charge is 2.37. The largest absolute Gasteiger partial charge is 0.444 e. The number of carbonyl (C=O) groups is 5. The lowest BCUT2D eigenvalue weighted by molar-refractivity contribution is 0.0985. The van der Waals surface area contributed by atoms with E-state index in [-0.39, 0.29) is 35.8 Å². The Kier molecular flexibility index (Phi) is 9.89. The summed E-state index contributed by atoms with van der Waals surface area (Å²) < 4.78 is 17.4. The second-order valence-corrected chi connectivity index (χ2v) is 20.8. The van der Waals surface area contributed by atoms with Gasteiger partial charge in [-0.05, 0) is 133 Å². The van der Waals surface area contributed by atoms with Crippen LogP contribution in [-0.4, -0.2) is 43.8 Å². The number of hydrogen-bond donors (Lipinski definition) is 1. The number of ether oxygens (including phenoxy) is 2. The van der Waals surface area contributed by atoms with Crippen LogP contribution in [-0.2, 0) is 22.7 Å². The molecule has 4 heterocycles. The van der Waals surface area contributed by atoms with Crippen LogP contribution in [0.3, 0.4) is 0 Å². The van der Waals surface area contributed by atoms with Crippen LogP contribution in [0.2, 0.25) is 0 Å². The van der Waals surface area contributed by atoms with E-state index in [0.29, 0.717) is 57.8 Å². The maximum absolute atomic E-state index is 14.6. The zero-order valence-electron chi connectivity index (χ0n) is 38.8. The number of hydrogen-bond acceptors (Lipinski definition) is 10. The first-order valence-corrected chi connectivity index (χ1v) is 25.5. The molecule has 0 aliphatic heterocycles. The van der Waals surface area contributed by atoms with Crippen LogP contribution in [0.1, 0.15) is 65.3 Å². The third kappa shape index (κ3) is 6.91. The third-order valence-corrected chi connectivity index (χ3v) is 16.6. The lowest BCUT2D eigenvalue weighted by Crippen LogP contribution is -2.15. The van der Waals surface area contributed by atoms with Gasteiger partial charge in [-0.2, -0.15) is 0 Å². The minimum absolute atomic E-state index is 0.0343. The number of benzene rings is 8. The molecular formula is C62H36N2O8S2. The van der Waals surface area contributed by atoms with E-state index < -0.39 is 29.9 Å². The summed E-state index contributed by atoms with van der Waals surface area (Å²) in [4.78, 5) is 72.0. The van der Waals surface area contributed by atoms with Gasteiger partial charge in [-0.1, -0.05) is 109 Å². The standard InChI is InChI=1S/C62H36N2O8S2/c65-55-45-23-39-19-35-15-7-8-16-36(35)20-40(39)24-46(45)56(66)49(55)27-43-29-51-53(63(43)61(69)71-31-33-11-3-1-4-12-33)59-60(73-51)54-52(74-59)30-44(64(54)62(70)72-32-34-13-5-2-6-14-34)28-50-57(67)47-25-41-21-37-17-9-10-18-38(37)22-42(41)26-48(47)58(50)68/h1-30,55,65H,31-32H2/b49-27-. The molecule has 1 atom stereocenters. The molecule has 0 saturated heterocycles. The molecule has 0 bridgehead atoms. The van der Waals surface area contributed by atoms with Crippen molar-refractivity contribution in [2.75, 3.05) is 0 Å². The van der Waals surface area contributed by atoms with Gasteiger partial charge in [-0.25, -0.2) is 18.7 Å². The quantitative estimate of drug-likeness (QED) is 0.0989. The summed E-state index contributed by atoms with van der Waals surface area (Å²) in [6.07, 6.45) is 0.330. The van der Waals surface area contributed by atoms with Gasteiger partial charge in [0.15, 0.2) is 17.3 Å². The molecule has 74 heavy (non-hydrogen) atoms. The number of carbonyl (C=O) groups excluding carboxylic acids is 5. The molecule has 4 aromatic heterocycles. The third-order valence-electron chi connectivity index (χ3n) is 14.2. The molecule has 14 rings (SSSR count). The van der Waals surface area contributed by atoms with Crippen LogP contribution in [0.25, 0.3) is 85.1 Å². The molecule has 12 aromatic rings. The Morgan fingerprint density at radius 1 is 0.473 bits per heavy atom. The van der Waals surface area contributed by atoms with Crippen molar-refractivity contribution in [1.29, 1.82) is 0 Å². The van der Waals surface area contributed by atoms with Crippen LogP contribution in [0.15, 0.2) is 181 Å². The Labute approximate surface area is 427 Å². The van der Waals surface area contributed by atoms with E-state index in [1.807, 2.05) is 146 Å². The van der Waals surface area contributed by atoms with Crippen molar-refractivity contribution in [2.24, 2.45) is 0 Å². The first kappa shape index (κ1) is 43.7. The fraction of sp³-hybridized carbons (Fsp3) is 0.0484. The molecule has 1 unspecified atom stereocenters. The van der Waals surface area contributed by atoms with Crippen molar-refractivity contribution in [2.45, 2.75) is 19.3 Å². The lowest BCUT2D eigenvalue weighted by Gasteiger charge is -2.10. The summed E-state index contributed by atoms with van der Waals surface area (Å²) >= 11 is 2.66. The van der Waals surface area contributed by atoms with Gasteiger partial charge >= 0.3 is 12.2 Å². The average Bonchev–Trinajstić information content (AvgIpc) is 4.23. The first-order chi connectivity index (χ1) is 36.1. The first-order valence-electron chi connectivity index (χ1n) is 23.9. The number of Topliss-reactive ketones (excluding diaryl/α,β-unsaturated/α-hetero) is 3. The van der Waals surface area contributed by atoms with Crippen molar-refractivity contribution >= 4 is 137 Å². The SMILES string of the molecule is O=C1C(=Cc2cc3sc4c(sc5cc(/C=C6\C(=O)c7cc8cc9ccccc9cc8cc7C6O)n(C(=O)OCc6ccccc6)c54)c3n2C(=O)OCc2ccccc2)C(=O)c2cc3cc4ccccc4cc3cc21. The second-order valence-electron chi connectivity index (χ2n) is 18.7. The molecule has 8 aromatic carbocycles. The molecule has 0 fully saturated rings. The minimum atomic E-state index is -1.26. The highest BCUT2D eigenvalue weighted by molar-refractivity contribution is 7.36. The van der Waals surface area contributed by atoms with E-state index in [9.17, 15) is 29.1 Å². The number of nitrogens with zero attached hydrogens (tertiary/aromatic N) is 2. The average molecular weight is 1000 g/mol. The highest BCUT2D eigenvalue weighted by atomic mass is 32.1. The van der Waals surface area contributed by atoms with Gasteiger partial charge in [0, 0.05) is 22.3 Å². The zero-order chi connectivity index (χ0) is 49.9. The van der Waals surface area contributed by atoms with Crippen molar-refractivity contribution in [3.63, 3.8) is 0 Å². The van der Waals surface area contributed by atoms with Gasteiger partial charge in [-0.3, -0.25) is 14.4 Å². The molecule has 2 aliphatic carbocycles. The summed E-state index contributed by atoms with van der Waals surface area (Å²) in [5.41, 5.74) is 4.59. The Morgan fingerprint density at radius 3 is 1.34 bits per heavy atom. The molecule has 10 nitrogen and oxygen atoms in total. The zero-order valence-corrected chi connectivity index (χ0v) is 40.5. The number of aliphatic hydroxyl groups excluding tert-OH is 1. The smallest absolute Gasteiger partial charge is 0.419 e. The van der Waals surface area contributed by atoms with E-state index in [0.717, 1.165) is 54.2 Å². The number of rotatable bonds is 6. The Balaban J connectivity index is 0.907. The number of aliphatic hydroxyl groups is 1. The van der Waals surface area contributed by atoms with Crippen LogP contribution in [0.4, 0.5) is 9.59 Å². The Bertz CT molecular complexity index is 4480. The van der Waals surface area contributed by atoms with Crippen LogP contribution in [0, 0.1) is 0 Å². The van der Waals surface area contributed by atoms with Crippen LogP contribution < -0.4 is 0 Å². The predicted molar refractivity (Wildman–Crippen MR) is 292 cm³/mol. The summed E-state index contributed by atoms with van der Waals surface area (Å²) in [5, 5.41) is 19.4. The van der Waals surface area contributed by atoms with Crippen LogP contribution in [0.5, 0.6) is 0 Å². The fourth-order valence-electron chi connectivity index (χ4n) is 10.6. The summed E-state index contributed by atoms with van der Waals surface area (Å²) in [7, 11) is 0.